The topological polar surface area (TPSA) is 66.5 Å². The third-order valence-electron chi connectivity index (χ3n) is 3.98. The quantitative estimate of drug-likeness (QED) is 0.879. The predicted octanol–water partition coefficient (Wildman–Crippen LogP) is 3.52. The Bertz CT molecular complexity index is 895. The highest BCUT2D eigenvalue weighted by Crippen LogP contribution is 2.29. The summed E-state index contributed by atoms with van der Waals surface area (Å²) >= 11 is 6.07. The van der Waals surface area contributed by atoms with Crippen LogP contribution in [0.1, 0.15) is 23.2 Å². The zero-order valence-corrected chi connectivity index (χ0v) is 14.8. The SMILES string of the molecule is O=C(Nc1ccc(Cl)c(S(=O)(=O)N2CCCC2)c1)c1ccc(F)cc1. The zero-order valence-electron chi connectivity index (χ0n) is 13.2. The van der Waals surface area contributed by atoms with E-state index >= 15 is 0 Å². The molecule has 3 rings (SSSR count). The van der Waals surface area contributed by atoms with E-state index in [1.165, 1.54) is 46.8 Å². The molecular weight excluding hydrogens is 367 g/mol. The van der Waals surface area contributed by atoms with Gasteiger partial charge in [-0.1, -0.05) is 11.6 Å². The van der Waals surface area contributed by atoms with E-state index in [1.807, 2.05) is 0 Å². The van der Waals surface area contributed by atoms with Crippen LogP contribution in [0.15, 0.2) is 47.4 Å². The maximum absolute atomic E-state index is 12.9. The van der Waals surface area contributed by atoms with Gasteiger partial charge < -0.3 is 5.32 Å². The van der Waals surface area contributed by atoms with Gasteiger partial charge in [0.25, 0.3) is 5.91 Å². The number of sulfonamides is 1. The summed E-state index contributed by atoms with van der Waals surface area (Å²) in [5.41, 5.74) is 0.566. The number of rotatable bonds is 4. The minimum atomic E-state index is -3.70. The first-order valence-corrected chi connectivity index (χ1v) is 9.56. The Morgan fingerprint density at radius 1 is 1.08 bits per heavy atom. The summed E-state index contributed by atoms with van der Waals surface area (Å²) in [6.07, 6.45) is 1.63. The maximum atomic E-state index is 12.9. The van der Waals surface area contributed by atoms with Crippen LogP contribution < -0.4 is 5.32 Å². The molecule has 1 fully saturated rings. The van der Waals surface area contributed by atoms with Crippen molar-refractivity contribution in [3.63, 3.8) is 0 Å². The lowest BCUT2D eigenvalue weighted by molar-refractivity contribution is 0.102. The number of halogens is 2. The number of anilines is 1. The average Bonchev–Trinajstić information content (AvgIpc) is 3.12. The van der Waals surface area contributed by atoms with Crippen LogP contribution in [-0.4, -0.2) is 31.7 Å². The predicted molar refractivity (Wildman–Crippen MR) is 93.8 cm³/mol. The second-order valence-electron chi connectivity index (χ2n) is 5.72. The summed E-state index contributed by atoms with van der Waals surface area (Å²) in [6.45, 7) is 0.926. The lowest BCUT2D eigenvalue weighted by Crippen LogP contribution is -2.28. The maximum Gasteiger partial charge on any atom is 0.255 e. The fraction of sp³-hybridized carbons (Fsp3) is 0.235. The first-order valence-electron chi connectivity index (χ1n) is 7.74. The molecule has 1 aliphatic rings. The Hall–Kier alpha value is -1.96. The number of benzene rings is 2. The average molecular weight is 383 g/mol. The van der Waals surface area contributed by atoms with E-state index in [1.54, 1.807) is 0 Å². The van der Waals surface area contributed by atoms with Crippen LogP contribution in [0, 0.1) is 5.82 Å². The fourth-order valence-electron chi connectivity index (χ4n) is 2.65. The lowest BCUT2D eigenvalue weighted by Gasteiger charge is -2.17. The van der Waals surface area contributed by atoms with Gasteiger partial charge in [-0.2, -0.15) is 4.31 Å². The zero-order chi connectivity index (χ0) is 18.0. The van der Waals surface area contributed by atoms with Crippen LogP contribution in [0.5, 0.6) is 0 Å². The molecule has 1 amide bonds. The summed E-state index contributed by atoms with van der Waals surface area (Å²) in [4.78, 5) is 12.2. The Balaban J connectivity index is 1.86. The van der Waals surface area contributed by atoms with Crippen LogP contribution in [0.25, 0.3) is 0 Å². The summed E-state index contributed by atoms with van der Waals surface area (Å²) in [5.74, 6) is -0.908. The number of carbonyl (C=O) groups excluding carboxylic acids is 1. The first kappa shape index (κ1) is 17.8. The van der Waals surface area contributed by atoms with Crippen LogP contribution in [0.2, 0.25) is 5.02 Å². The molecule has 1 heterocycles. The molecule has 0 atom stereocenters. The molecule has 8 heteroatoms. The van der Waals surface area contributed by atoms with Crippen molar-refractivity contribution < 1.29 is 17.6 Å². The van der Waals surface area contributed by atoms with Crippen molar-refractivity contribution in [3.05, 3.63) is 58.9 Å². The molecule has 1 saturated heterocycles. The van der Waals surface area contributed by atoms with Crippen molar-refractivity contribution in [1.29, 1.82) is 0 Å². The summed E-state index contributed by atoms with van der Waals surface area (Å²) in [6, 6.07) is 9.36. The number of amides is 1. The highest BCUT2D eigenvalue weighted by atomic mass is 35.5. The van der Waals surface area contributed by atoms with Gasteiger partial charge in [0.15, 0.2) is 0 Å². The molecule has 0 saturated carbocycles. The highest BCUT2D eigenvalue weighted by Gasteiger charge is 2.29. The van der Waals surface area contributed by atoms with Crippen molar-refractivity contribution in [1.82, 2.24) is 4.31 Å². The van der Waals surface area contributed by atoms with Crippen molar-refractivity contribution in [2.45, 2.75) is 17.7 Å². The number of nitrogens with zero attached hydrogens (tertiary/aromatic N) is 1. The minimum absolute atomic E-state index is 0.0343. The van der Waals surface area contributed by atoms with Gasteiger partial charge in [-0.3, -0.25) is 4.79 Å². The molecule has 2 aromatic rings. The third kappa shape index (κ3) is 3.84. The molecule has 0 spiro atoms. The van der Waals surface area contributed by atoms with E-state index in [4.69, 9.17) is 11.6 Å². The Kier molecular flexibility index (Phi) is 5.08. The largest absolute Gasteiger partial charge is 0.322 e. The van der Waals surface area contributed by atoms with Gasteiger partial charge in [0.2, 0.25) is 10.0 Å². The second kappa shape index (κ2) is 7.11. The number of nitrogens with one attached hydrogen (secondary N) is 1. The smallest absolute Gasteiger partial charge is 0.255 e. The molecular formula is C17H16ClFN2O3S. The van der Waals surface area contributed by atoms with E-state index in [2.05, 4.69) is 5.32 Å². The van der Waals surface area contributed by atoms with E-state index in [0.717, 1.165) is 12.8 Å². The van der Waals surface area contributed by atoms with Crippen molar-refractivity contribution in [3.8, 4) is 0 Å². The summed E-state index contributed by atoms with van der Waals surface area (Å²) in [5, 5.41) is 2.71. The van der Waals surface area contributed by atoms with E-state index in [9.17, 15) is 17.6 Å². The molecule has 1 N–H and O–H groups in total. The van der Waals surface area contributed by atoms with Gasteiger partial charge >= 0.3 is 0 Å². The van der Waals surface area contributed by atoms with Gasteiger partial charge in [-0.25, -0.2) is 12.8 Å². The number of hydrogen-bond acceptors (Lipinski definition) is 3. The van der Waals surface area contributed by atoms with E-state index < -0.39 is 21.7 Å². The number of hydrogen-bond donors (Lipinski definition) is 1. The normalized spacial score (nSPS) is 15.3. The van der Waals surface area contributed by atoms with Crippen molar-refractivity contribution >= 4 is 33.2 Å². The minimum Gasteiger partial charge on any atom is -0.322 e. The van der Waals surface area contributed by atoms with Gasteiger partial charge in [-0.15, -0.1) is 0 Å². The molecule has 0 bridgehead atoms. The second-order valence-corrected chi connectivity index (χ2v) is 8.03. The van der Waals surface area contributed by atoms with E-state index in [-0.39, 0.29) is 15.5 Å². The van der Waals surface area contributed by atoms with Gasteiger partial charge in [0, 0.05) is 24.3 Å². The van der Waals surface area contributed by atoms with Gasteiger partial charge in [0.05, 0.1) is 5.02 Å². The number of carbonyl (C=O) groups is 1. The van der Waals surface area contributed by atoms with Crippen molar-refractivity contribution in [2.75, 3.05) is 18.4 Å². The molecule has 0 radical (unpaired) electrons. The Labute approximate surface area is 150 Å². The molecule has 5 nitrogen and oxygen atoms in total. The molecule has 2 aromatic carbocycles. The third-order valence-corrected chi connectivity index (χ3v) is 6.36. The first-order chi connectivity index (χ1) is 11.9. The Morgan fingerprint density at radius 2 is 1.72 bits per heavy atom. The highest BCUT2D eigenvalue weighted by molar-refractivity contribution is 7.89. The van der Waals surface area contributed by atoms with Crippen LogP contribution >= 0.6 is 11.6 Å². The summed E-state index contributed by atoms with van der Waals surface area (Å²) < 4.78 is 39.7. The van der Waals surface area contributed by atoms with Crippen molar-refractivity contribution in [2.24, 2.45) is 0 Å². The molecule has 132 valence electrons. The van der Waals surface area contributed by atoms with Crippen LogP contribution in [-0.2, 0) is 10.0 Å². The fourth-order valence-corrected chi connectivity index (χ4v) is 4.67. The van der Waals surface area contributed by atoms with E-state index in [0.29, 0.717) is 18.8 Å². The molecule has 0 aliphatic carbocycles. The summed E-state index contributed by atoms with van der Waals surface area (Å²) in [7, 11) is -3.70. The molecule has 1 aliphatic heterocycles. The lowest BCUT2D eigenvalue weighted by atomic mass is 10.2. The monoisotopic (exact) mass is 382 g/mol. The van der Waals surface area contributed by atoms with Gasteiger partial charge in [0.1, 0.15) is 10.7 Å². The standard InChI is InChI=1S/C17H16ClFN2O3S/c18-15-8-7-14(20-17(22)12-3-5-13(19)6-4-12)11-16(15)25(23,24)21-9-1-2-10-21/h3-8,11H,1-2,9-10H2,(H,20,22). The van der Waals surface area contributed by atoms with Crippen LogP contribution in [0.3, 0.4) is 0 Å². The van der Waals surface area contributed by atoms with Crippen LogP contribution in [0.4, 0.5) is 10.1 Å². The molecule has 0 aromatic heterocycles. The molecule has 25 heavy (non-hydrogen) atoms. The van der Waals surface area contributed by atoms with Gasteiger partial charge in [-0.05, 0) is 55.3 Å². The molecule has 0 unspecified atom stereocenters. The Morgan fingerprint density at radius 3 is 2.36 bits per heavy atom.